The predicted molar refractivity (Wildman–Crippen MR) is 159 cm³/mol. The van der Waals surface area contributed by atoms with Gasteiger partial charge in [0.25, 0.3) is 0 Å². The number of carboxylic acid groups (broad SMARTS) is 1. The van der Waals surface area contributed by atoms with Gasteiger partial charge in [-0.3, -0.25) is 0 Å². The van der Waals surface area contributed by atoms with Gasteiger partial charge in [-0.25, -0.2) is 9.59 Å². The Labute approximate surface area is 236 Å². The monoisotopic (exact) mass is 551 g/mol. The standard InChI is InChI=1S/C33H29NO5S/c1-38-32(37)33(34,31(35)36)21-40-20-23-11-13-24(14-12-23)25-15-17-26(18-16-25)30-27-9-5-6-10-28(27)39-29(30)19-22-7-3-2-4-8-22/h2-18H,19-21,34H2,1H3,(H,35,36)/t33-/m1/s1. The number of esters is 1. The Bertz CT molecular complexity index is 1630. The Morgan fingerprint density at radius 1 is 0.825 bits per heavy atom. The number of benzene rings is 4. The van der Waals surface area contributed by atoms with Crippen LogP contribution in [0.5, 0.6) is 0 Å². The Balaban J connectivity index is 1.32. The molecule has 0 fully saturated rings. The smallest absolute Gasteiger partial charge is 0.338 e. The minimum atomic E-state index is -2.07. The Hall–Kier alpha value is -4.33. The molecule has 1 atom stereocenters. The van der Waals surface area contributed by atoms with Gasteiger partial charge in [0.1, 0.15) is 11.3 Å². The van der Waals surface area contributed by atoms with E-state index in [1.54, 1.807) is 0 Å². The first-order valence-electron chi connectivity index (χ1n) is 12.8. The number of furan rings is 1. The second-order valence-electron chi connectivity index (χ2n) is 9.59. The molecule has 0 amide bonds. The largest absolute Gasteiger partial charge is 0.479 e. The van der Waals surface area contributed by atoms with E-state index < -0.39 is 17.5 Å². The fourth-order valence-electron chi connectivity index (χ4n) is 4.66. The molecule has 1 aromatic heterocycles. The molecule has 0 radical (unpaired) electrons. The minimum Gasteiger partial charge on any atom is -0.479 e. The van der Waals surface area contributed by atoms with E-state index in [2.05, 4.69) is 47.2 Å². The van der Waals surface area contributed by atoms with Crippen molar-refractivity contribution in [3.8, 4) is 22.3 Å². The highest BCUT2D eigenvalue weighted by molar-refractivity contribution is 7.98. The first kappa shape index (κ1) is 27.2. The van der Waals surface area contributed by atoms with Crippen LogP contribution in [0.3, 0.4) is 0 Å². The van der Waals surface area contributed by atoms with Crippen molar-refractivity contribution in [2.75, 3.05) is 12.9 Å². The number of nitrogens with two attached hydrogens (primary N) is 1. The van der Waals surface area contributed by atoms with Crippen LogP contribution in [0.15, 0.2) is 108 Å². The van der Waals surface area contributed by atoms with Gasteiger partial charge in [-0.1, -0.05) is 97.1 Å². The minimum absolute atomic E-state index is 0.0901. The van der Waals surface area contributed by atoms with Gasteiger partial charge < -0.3 is 20.0 Å². The number of thioether (sulfide) groups is 1. The molecule has 0 saturated carbocycles. The summed E-state index contributed by atoms with van der Waals surface area (Å²) in [6, 6.07) is 35.0. The highest BCUT2D eigenvalue weighted by atomic mass is 32.2. The van der Waals surface area contributed by atoms with Crippen molar-refractivity contribution in [2.24, 2.45) is 5.73 Å². The summed E-state index contributed by atoms with van der Waals surface area (Å²) in [6.45, 7) is 0. The van der Waals surface area contributed by atoms with Crippen molar-refractivity contribution in [3.63, 3.8) is 0 Å². The van der Waals surface area contributed by atoms with E-state index in [-0.39, 0.29) is 5.75 Å². The van der Waals surface area contributed by atoms with Gasteiger partial charge >= 0.3 is 11.9 Å². The topological polar surface area (TPSA) is 103 Å². The zero-order chi connectivity index (χ0) is 28.1. The van der Waals surface area contributed by atoms with Crippen LogP contribution in [-0.4, -0.2) is 35.4 Å². The van der Waals surface area contributed by atoms with Crippen LogP contribution in [0.4, 0.5) is 0 Å². The lowest BCUT2D eigenvalue weighted by Crippen LogP contribution is -2.57. The number of carbonyl (C=O) groups excluding carboxylic acids is 1. The van der Waals surface area contributed by atoms with Crippen LogP contribution < -0.4 is 5.73 Å². The molecule has 0 saturated heterocycles. The van der Waals surface area contributed by atoms with Crippen LogP contribution in [-0.2, 0) is 26.5 Å². The number of carbonyl (C=O) groups is 2. The number of hydrogen-bond acceptors (Lipinski definition) is 6. The van der Waals surface area contributed by atoms with E-state index >= 15 is 0 Å². The average molecular weight is 552 g/mol. The molecule has 5 aromatic rings. The van der Waals surface area contributed by atoms with E-state index in [0.29, 0.717) is 12.2 Å². The summed E-state index contributed by atoms with van der Waals surface area (Å²) < 4.78 is 10.9. The maximum absolute atomic E-state index is 11.8. The predicted octanol–water partition coefficient (Wildman–Crippen LogP) is 6.55. The summed E-state index contributed by atoms with van der Waals surface area (Å²) in [4.78, 5) is 23.3. The fourth-order valence-corrected chi connectivity index (χ4v) is 5.75. The number of rotatable bonds is 10. The van der Waals surface area contributed by atoms with Gasteiger partial charge in [0.05, 0.1) is 7.11 Å². The molecular formula is C33H29NO5S. The fraction of sp³-hybridized carbons (Fsp3) is 0.152. The van der Waals surface area contributed by atoms with Gasteiger partial charge in [0, 0.05) is 28.9 Å². The number of ether oxygens (including phenoxy) is 1. The molecule has 40 heavy (non-hydrogen) atoms. The van der Waals surface area contributed by atoms with Crippen molar-refractivity contribution < 1.29 is 23.8 Å². The van der Waals surface area contributed by atoms with Crippen molar-refractivity contribution in [1.82, 2.24) is 0 Å². The zero-order valence-electron chi connectivity index (χ0n) is 22.0. The lowest BCUT2D eigenvalue weighted by atomic mass is 9.96. The molecule has 0 unspecified atom stereocenters. The Morgan fingerprint density at radius 3 is 2.08 bits per heavy atom. The molecule has 0 aliphatic rings. The molecule has 1 heterocycles. The number of carboxylic acids is 1. The third-order valence-electron chi connectivity index (χ3n) is 6.87. The summed E-state index contributed by atoms with van der Waals surface area (Å²) in [6.07, 6.45) is 0.712. The summed E-state index contributed by atoms with van der Waals surface area (Å²) in [7, 11) is 1.13. The Morgan fingerprint density at radius 2 is 1.43 bits per heavy atom. The summed E-state index contributed by atoms with van der Waals surface area (Å²) in [5.41, 5.74) is 11.1. The summed E-state index contributed by atoms with van der Waals surface area (Å²) in [5, 5.41) is 10.5. The third-order valence-corrected chi connectivity index (χ3v) is 8.06. The number of hydrogen-bond donors (Lipinski definition) is 2. The summed E-state index contributed by atoms with van der Waals surface area (Å²) >= 11 is 1.27. The van der Waals surface area contributed by atoms with Gasteiger partial charge in [-0.2, -0.15) is 11.8 Å². The van der Waals surface area contributed by atoms with Crippen LogP contribution in [0.25, 0.3) is 33.2 Å². The third kappa shape index (κ3) is 5.66. The van der Waals surface area contributed by atoms with Gasteiger partial charge in [0.15, 0.2) is 0 Å². The van der Waals surface area contributed by atoms with Gasteiger partial charge in [-0.05, 0) is 33.9 Å². The number of fused-ring (bicyclic) bond motifs is 1. The molecule has 0 spiro atoms. The summed E-state index contributed by atoms with van der Waals surface area (Å²) in [5.74, 6) is -0.991. The van der Waals surface area contributed by atoms with Crippen molar-refractivity contribution in [2.45, 2.75) is 17.7 Å². The molecule has 3 N–H and O–H groups in total. The van der Waals surface area contributed by atoms with E-state index in [1.165, 1.54) is 17.3 Å². The van der Waals surface area contributed by atoms with E-state index in [4.69, 9.17) is 10.2 Å². The maximum atomic E-state index is 11.8. The molecular weight excluding hydrogens is 522 g/mol. The molecule has 202 valence electrons. The highest BCUT2D eigenvalue weighted by Gasteiger charge is 2.43. The zero-order valence-corrected chi connectivity index (χ0v) is 22.8. The second kappa shape index (κ2) is 11.8. The molecule has 0 aliphatic carbocycles. The first-order chi connectivity index (χ1) is 19.4. The van der Waals surface area contributed by atoms with E-state index in [9.17, 15) is 14.7 Å². The van der Waals surface area contributed by atoms with Crippen LogP contribution in [0.1, 0.15) is 16.9 Å². The highest BCUT2D eigenvalue weighted by Crippen LogP contribution is 2.37. The Kier molecular flexibility index (Phi) is 8.05. The maximum Gasteiger partial charge on any atom is 0.338 e. The number of aliphatic carboxylic acids is 1. The van der Waals surface area contributed by atoms with Crippen molar-refractivity contribution in [3.05, 3.63) is 120 Å². The molecule has 5 rings (SSSR count). The lowest BCUT2D eigenvalue weighted by Gasteiger charge is -2.21. The second-order valence-corrected chi connectivity index (χ2v) is 10.6. The molecule has 7 heteroatoms. The van der Waals surface area contributed by atoms with Gasteiger partial charge in [0.2, 0.25) is 5.54 Å². The van der Waals surface area contributed by atoms with Crippen LogP contribution >= 0.6 is 11.8 Å². The normalized spacial score (nSPS) is 12.7. The van der Waals surface area contributed by atoms with Gasteiger partial charge in [-0.15, -0.1) is 0 Å². The van der Waals surface area contributed by atoms with E-state index in [0.717, 1.165) is 51.7 Å². The van der Waals surface area contributed by atoms with Crippen molar-refractivity contribution in [1.29, 1.82) is 0 Å². The first-order valence-corrected chi connectivity index (χ1v) is 14.0. The number of methoxy groups -OCH3 is 1. The molecule has 0 aliphatic heterocycles. The average Bonchev–Trinajstić information content (AvgIpc) is 3.35. The van der Waals surface area contributed by atoms with Crippen LogP contribution in [0.2, 0.25) is 0 Å². The van der Waals surface area contributed by atoms with Crippen molar-refractivity contribution >= 4 is 34.7 Å². The quantitative estimate of drug-likeness (QED) is 0.150. The molecule has 6 nitrogen and oxygen atoms in total. The lowest BCUT2D eigenvalue weighted by molar-refractivity contribution is -0.157. The SMILES string of the molecule is COC(=O)[C@@](N)(CSCc1ccc(-c2ccc(-c3c(Cc4ccccc4)oc4ccccc34)cc2)cc1)C(=O)O. The molecule has 4 aromatic carbocycles. The van der Waals surface area contributed by atoms with Crippen LogP contribution in [0, 0.1) is 0 Å². The molecule has 0 bridgehead atoms. The van der Waals surface area contributed by atoms with E-state index in [1.807, 2.05) is 60.7 Å². The number of para-hydroxylation sites is 1.